The van der Waals surface area contributed by atoms with Crippen LogP contribution in [0.5, 0.6) is 0 Å². The van der Waals surface area contributed by atoms with Crippen molar-refractivity contribution in [1.29, 1.82) is 0 Å². The summed E-state index contributed by atoms with van der Waals surface area (Å²) in [6.45, 7) is 0. The Morgan fingerprint density at radius 1 is 1.67 bits per heavy atom. The van der Waals surface area contributed by atoms with Gasteiger partial charge in [-0.15, -0.1) is 0 Å². The van der Waals surface area contributed by atoms with Crippen molar-refractivity contribution in [2.45, 2.75) is 3.93 Å². The van der Waals surface area contributed by atoms with E-state index in [4.69, 9.17) is 4.79 Å². The summed E-state index contributed by atoms with van der Waals surface area (Å²) < 4.78 is 19.0. The maximum absolute atomic E-state index is 11.1. The molecule has 1 nitrogen and oxygen atoms in total. The topological polar surface area (TPSA) is 17.1 Å². The van der Waals surface area contributed by atoms with Gasteiger partial charge in [-0.05, 0) is 0 Å². The summed E-state index contributed by atoms with van der Waals surface area (Å²) >= 11 is 0.739. The summed E-state index contributed by atoms with van der Waals surface area (Å²) in [6, 6.07) is 0. The van der Waals surface area contributed by atoms with Crippen LogP contribution in [0.3, 0.4) is 0 Å². The van der Waals surface area contributed by atoms with Gasteiger partial charge in [-0.2, -0.15) is 8.78 Å². The van der Waals surface area contributed by atoms with Gasteiger partial charge in [-0.1, -0.05) is 0 Å². The summed E-state index contributed by atoms with van der Waals surface area (Å²) in [7, 11) is 0. The summed E-state index contributed by atoms with van der Waals surface area (Å²) in [6.07, 6.45) is -0.409. The zero-order chi connectivity index (χ0) is 5.21. The molecule has 6 heavy (non-hydrogen) atoms. The minimum atomic E-state index is -3.17. The Hall–Kier alpha value is 0.260. The van der Waals surface area contributed by atoms with Crippen molar-refractivity contribution in [1.82, 2.24) is 0 Å². The smallest absolute Gasteiger partial charge is 0.296 e. The Bertz CT molecular complexity index is 57.1. The maximum Gasteiger partial charge on any atom is 0.350 e. The first-order valence-electron chi connectivity index (χ1n) is 1.09. The number of aldehydes is 1. The van der Waals surface area contributed by atoms with Gasteiger partial charge in [-0.25, -0.2) is 0 Å². The zero-order valence-electron chi connectivity index (χ0n) is 2.62. The Kier molecular flexibility index (Phi) is 1.89. The fourth-order valence-corrected chi connectivity index (χ4v) is 0. The van der Waals surface area contributed by atoms with E-state index in [1.807, 2.05) is 0 Å². The molecule has 0 rings (SSSR count). The molecule has 4 heteroatoms. The minimum absolute atomic E-state index is 0.409. The van der Waals surface area contributed by atoms with Gasteiger partial charge in [0, 0.05) is 22.6 Å². The standard InChI is InChI=1S/C2HF2IO/c3-2(4,5)1-6/h1H. The highest BCUT2D eigenvalue weighted by Gasteiger charge is 2.20. The Morgan fingerprint density at radius 3 is 1.83 bits per heavy atom. The van der Waals surface area contributed by atoms with Gasteiger partial charge in [0.1, 0.15) is 0 Å². The van der Waals surface area contributed by atoms with Crippen molar-refractivity contribution in [3.63, 3.8) is 0 Å². The molecule has 0 aromatic rings. The van der Waals surface area contributed by atoms with Crippen LogP contribution in [0.1, 0.15) is 0 Å². The van der Waals surface area contributed by atoms with Gasteiger partial charge < -0.3 is 0 Å². The van der Waals surface area contributed by atoms with E-state index < -0.39 is 10.2 Å². The van der Waals surface area contributed by atoms with Crippen LogP contribution in [0.15, 0.2) is 0 Å². The lowest BCUT2D eigenvalue weighted by atomic mass is 10.8. The van der Waals surface area contributed by atoms with Crippen LogP contribution >= 0.6 is 22.6 Å². The first-order chi connectivity index (χ1) is 2.56. The maximum atomic E-state index is 11.1. The number of hydrogen-bond donors (Lipinski definition) is 0. The van der Waals surface area contributed by atoms with Gasteiger partial charge in [0.15, 0.2) is 6.29 Å². The molecule has 0 N–H and O–H groups in total. The largest absolute Gasteiger partial charge is 0.350 e. The number of halogens is 3. The molecule has 0 amide bonds. The first-order valence-corrected chi connectivity index (χ1v) is 2.17. The number of carbonyl (C=O) groups excluding carboxylic acids is 1. The van der Waals surface area contributed by atoms with E-state index in [2.05, 4.69) is 0 Å². The lowest BCUT2D eigenvalue weighted by molar-refractivity contribution is -0.118. The Morgan fingerprint density at radius 2 is 1.83 bits per heavy atom. The predicted molar refractivity (Wildman–Crippen MR) is 25.0 cm³/mol. The molecule has 0 aromatic heterocycles. The van der Waals surface area contributed by atoms with Gasteiger partial charge >= 0.3 is 3.93 Å². The predicted octanol–water partition coefficient (Wildman–Crippen LogP) is 1.21. The van der Waals surface area contributed by atoms with Crippen LogP contribution in [-0.4, -0.2) is 10.2 Å². The van der Waals surface area contributed by atoms with Crippen LogP contribution in [0.2, 0.25) is 0 Å². The second-order valence-corrected chi connectivity index (χ2v) is 2.10. The van der Waals surface area contributed by atoms with E-state index in [1.54, 1.807) is 0 Å². The third-order valence-corrected chi connectivity index (χ3v) is 0.388. The van der Waals surface area contributed by atoms with E-state index >= 15 is 0 Å². The molecule has 0 heterocycles. The van der Waals surface area contributed by atoms with E-state index in [1.165, 1.54) is 0 Å². The fraction of sp³-hybridized carbons (Fsp3) is 0.500. The Balaban J connectivity index is 3.45. The number of alkyl halides is 3. The molecular formula is C2HF2IO. The quantitative estimate of drug-likeness (QED) is 0.358. The first kappa shape index (κ1) is 6.26. The monoisotopic (exact) mass is 206 g/mol. The molecular weight excluding hydrogens is 205 g/mol. The highest BCUT2D eigenvalue weighted by atomic mass is 127. The molecule has 0 fully saturated rings. The summed E-state index contributed by atoms with van der Waals surface area (Å²) in [5.74, 6) is 0. The molecule has 0 saturated heterocycles. The van der Waals surface area contributed by atoms with Crippen molar-refractivity contribution in [3.8, 4) is 0 Å². The molecule has 0 bridgehead atoms. The van der Waals surface area contributed by atoms with E-state index in [0.29, 0.717) is 0 Å². The van der Waals surface area contributed by atoms with E-state index in [9.17, 15) is 8.78 Å². The molecule has 0 unspecified atom stereocenters. The minimum Gasteiger partial charge on any atom is -0.296 e. The number of carbonyl (C=O) groups is 1. The van der Waals surface area contributed by atoms with Crippen molar-refractivity contribution in [3.05, 3.63) is 0 Å². The molecule has 0 aliphatic rings. The number of rotatable bonds is 1. The van der Waals surface area contributed by atoms with Crippen LogP contribution < -0.4 is 0 Å². The number of hydrogen-bond acceptors (Lipinski definition) is 1. The Labute approximate surface area is 46.9 Å². The molecule has 0 atom stereocenters. The van der Waals surface area contributed by atoms with Crippen LogP contribution in [0.25, 0.3) is 0 Å². The van der Waals surface area contributed by atoms with Gasteiger partial charge in [0.2, 0.25) is 0 Å². The van der Waals surface area contributed by atoms with Gasteiger partial charge in [0.25, 0.3) is 0 Å². The molecule has 0 aliphatic heterocycles. The van der Waals surface area contributed by atoms with Crippen LogP contribution in [-0.2, 0) is 4.79 Å². The zero-order valence-corrected chi connectivity index (χ0v) is 4.78. The second kappa shape index (κ2) is 1.81. The average molecular weight is 206 g/mol. The van der Waals surface area contributed by atoms with Crippen molar-refractivity contribution in [2.24, 2.45) is 0 Å². The normalized spacial score (nSPS) is 11.2. The molecule has 0 aromatic carbocycles. The van der Waals surface area contributed by atoms with Crippen LogP contribution in [0.4, 0.5) is 8.78 Å². The molecule has 0 radical (unpaired) electrons. The molecule has 36 valence electrons. The van der Waals surface area contributed by atoms with Crippen molar-refractivity contribution in [2.75, 3.05) is 0 Å². The SMILES string of the molecule is O=CC(F)(F)I. The van der Waals surface area contributed by atoms with E-state index in [0.717, 1.165) is 22.6 Å². The highest BCUT2D eigenvalue weighted by Crippen LogP contribution is 2.17. The van der Waals surface area contributed by atoms with Crippen molar-refractivity contribution < 1.29 is 13.6 Å². The highest BCUT2D eigenvalue weighted by molar-refractivity contribution is 14.1. The van der Waals surface area contributed by atoms with Gasteiger partial charge in [0.05, 0.1) is 0 Å². The molecule has 0 aliphatic carbocycles. The molecule has 0 spiro atoms. The summed E-state index contributed by atoms with van der Waals surface area (Å²) in [4.78, 5) is 9.07. The van der Waals surface area contributed by atoms with E-state index in [-0.39, 0.29) is 0 Å². The third-order valence-electron chi connectivity index (χ3n) is 0.134. The second-order valence-electron chi connectivity index (χ2n) is 0.659. The molecule has 0 saturated carbocycles. The van der Waals surface area contributed by atoms with Crippen molar-refractivity contribution >= 4 is 28.9 Å². The average Bonchev–Trinajstić information content (AvgIpc) is 1.35. The van der Waals surface area contributed by atoms with Crippen LogP contribution in [0, 0.1) is 0 Å². The summed E-state index contributed by atoms with van der Waals surface area (Å²) in [5.41, 5.74) is 0. The third kappa shape index (κ3) is 4.26. The fourth-order valence-electron chi connectivity index (χ4n) is 0. The van der Waals surface area contributed by atoms with Gasteiger partial charge in [-0.3, -0.25) is 4.79 Å². The lowest BCUT2D eigenvalue weighted by Gasteiger charge is -1.90. The summed E-state index contributed by atoms with van der Waals surface area (Å²) in [5, 5.41) is 0. The lowest BCUT2D eigenvalue weighted by Crippen LogP contribution is -2.03.